The van der Waals surface area contributed by atoms with E-state index in [-0.39, 0.29) is 23.3 Å². The molecule has 1 aromatic heterocycles. The highest BCUT2D eigenvalue weighted by Gasteiger charge is 2.32. The Morgan fingerprint density at radius 1 is 1.03 bits per heavy atom. The quantitative estimate of drug-likeness (QED) is 0.501. The van der Waals surface area contributed by atoms with E-state index in [1.54, 1.807) is 30.3 Å². The Hall–Kier alpha value is -3.33. The second kappa shape index (κ2) is 10.5. The maximum Gasteiger partial charge on any atom is 0.225 e. The fraction of sp³-hybridized carbons (Fsp3) is 0.346. The summed E-state index contributed by atoms with van der Waals surface area (Å²) in [5.74, 6) is -0.217. The van der Waals surface area contributed by atoms with Crippen molar-refractivity contribution in [3.8, 4) is 0 Å². The summed E-state index contributed by atoms with van der Waals surface area (Å²) in [5.41, 5.74) is 2.38. The van der Waals surface area contributed by atoms with E-state index in [0.717, 1.165) is 23.5 Å². The number of carbonyl (C=O) groups excluding carboxylic acids is 1. The molecular formula is C26H29FN4O3S. The van der Waals surface area contributed by atoms with Crippen LogP contribution in [0.15, 0.2) is 65.6 Å². The number of anilines is 1. The lowest BCUT2D eigenvalue weighted by Crippen LogP contribution is -2.42. The Bertz CT molecular complexity index is 1260. The fourth-order valence-corrected chi connectivity index (χ4v) is 6.05. The van der Waals surface area contributed by atoms with Gasteiger partial charge in [0.2, 0.25) is 11.9 Å². The van der Waals surface area contributed by atoms with Gasteiger partial charge in [-0.2, -0.15) is 0 Å². The molecule has 1 unspecified atom stereocenters. The third kappa shape index (κ3) is 5.85. The van der Waals surface area contributed by atoms with Crippen LogP contribution in [0.2, 0.25) is 0 Å². The van der Waals surface area contributed by atoms with E-state index in [1.165, 1.54) is 12.1 Å². The van der Waals surface area contributed by atoms with Crippen molar-refractivity contribution in [2.24, 2.45) is 5.92 Å². The molecule has 0 aliphatic carbocycles. The highest BCUT2D eigenvalue weighted by atomic mass is 32.2. The first kappa shape index (κ1) is 24.8. The van der Waals surface area contributed by atoms with Gasteiger partial charge in [0, 0.05) is 36.9 Å². The van der Waals surface area contributed by atoms with Gasteiger partial charge in [-0.3, -0.25) is 4.79 Å². The highest BCUT2D eigenvalue weighted by Crippen LogP contribution is 2.29. The molecule has 2 aromatic carbocycles. The molecular weight excluding hydrogens is 467 g/mol. The molecule has 1 saturated heterocycles. The van der Waals surface area contributed by atoms with Gasteiger partial charge in [0.1, 0.15) is 11.1 Å². The Labute approximate surface area is 205 Å². The Morgan fingerprint density at radius 3 is 2.23 bits per heavy atom. The van der Waals surface area contributed by atoms with Crippen LogP contribution < -0.4 is 10.2 Å². The zero-order chi connectivity index (χ0) is 25.0. The number of nitrogens with zero attached hydrogens (tertiary/aromatic N) is 3. The number of amides is 1. The van der Waals surface area contributed by atoms with Crippen molar-refractivity contribution in [2.75, 3.05) is 24.5 Å². The number of nitrogens with one attached hydrogen (secondary N) is 1. The van der Waals surface area contributed by atoms with Gasteiger partial charge < -0.3 is 10.2 Å². The number of sulfone groups is 1. The number of carbonyl (C=O) groups is 1. The van der Waals surface area contributed by atoms with Crippen molar-refractivity contribution in [1.82, 2.24) is 15.3 Å². The molecule has 0 spiro atoms. The molecule has 9 heteroatoms. The van der Waals surface area contributed by atoms with Gasteiger partial charge in [0.05, 0.1) is 4.90 Å². The SMILES string of the molecule is Cc1cc(C)nc(N2CCC(C(=O)NCC(c3ccccc3)S(=O)(=O)c3ccc(F)cc3)CC2)n1. The standard InChI is InChI=1S/C26H29FN4O3S/c1-18-16-19(2)30-26(29-18)31-14-12-21(13-15-31)25(32)28-17-24(20-6-4-3-5-7-20)35(33,34)23-10-8-22(27)9-11-23/h3-11,16,21,24H,12-15,17H2,1-2H3,(H,28,32). The maximum atomic E-state index is 13.4. The summed E-state index contributed by atoms with van der Waals surface area (Å²) >= 11 is 0. The van der Waals surface area contributed by atoms with Gasteiger partial charge in [-0.25, -0.2) is 22.8 Å². The number of rotatable bonds is 7. The zero-order valence-corrected chi connectivity index (χ0v) is 20.6. The zero-order valence-electron chi connectivity index (χ0n) is 19.8. The molecule has 35 heavy (non-hydrogen) atoms. The fourth-order valence-electron chi connectivity index (χ4n) is 4.39. The summed E-state index contributed by atoms with van der Waals surface area (Å²) in [6.07, 6.45) is 1.26. The van der Waals surface area contributed by atoms with Crippen molar-refractivity contribution in [3.05, 3.63) is 83.4 Å². The first-order chi connectivity index (χ1) is 16.7. The predicted molar refractivity (Wildman–Crippen MR) is 132 cm³/mol. The highest BCUT2D eigenvalue weighted by molar-refractivity contribution is 7.91. The Balaban J connectivity index is 1.44. The van der Waals surface area contributed by atoms with E-state index in [9.17, 15) is 17.6 Å². The van der Waals surface area contributed by atoms with Crippen molar-refractivity contribution in [2.45, 2.75) is 36.8 Å². The van der Waals surface area contributed by atoms with E-state index in [0.29, 0.717) is 37.4 Å². The molecule has 2 heterocycles. The molecule has 1 atom stereocenters. The third-order valence-corrected chi connectivity index (χ3v) is 8.39. The lowest BCUT2D eigenvalue weighted by Gasteiger charge is -2.32. The van der Waals surface area contributed by atoms with E-state index < -0.39 is 20.9 Å². The van der Waals surface area contributed by atoms with E-state index in [4.69, 9.17) is 0 Å². The molecule has 1 fully saturated rings. The van der Waals surface area contributed by atoms with Gasteiger partial charge in [-0.1, -0.05) is 30.3 Å². The molecule has 1 amide bonds. The number of hydrogen-bond acceptors (Lipinski definition) is 6. The lowest BCUT2D eigenvalue weighted by molar-refractivity contribution is -0.125. The average Bonchev–Trinajstić information content (AvgIpc) is 2.84. The summed E-state index contributed by atoms with van der Waals surface area (Å²) in [7, 11) is -3.86. The minimum atomic E-state index is -3.86. The number of piperidine rings is 1. The largest absolute Gasteiger partial charge is 0.354 e. The van der Waals surface area contributed by atoms with Crippen LogP contribution in [0, 0.1) is 25.6 Å². The minimum absolute atomic E-state index is 0.0174. The first-order valence-corrected chi connectivity index (χ1v) is 13.2. The van der Waals surface area contributed by atoms with Crippen LogP contribution >= 0.6 is 0 Å². The van der Waals surface area contributed by atoms with Gasteiger partial charge >= 0.3 is 0 Å². The molecule has 0 saturated carbocycles. The first-order valence-electron chi connectivity index (χ1n) is 11.6. The predicted octanol–water partition coefficient (Wildman–Crippen LogP) is 3.78. The second-order valence-electron chi connectivity index (χ2n) is 8.86. The van der Waals surface area contributed by atoms with Crippen LogP contribution in [-0.4, -0.2) is 43.9 Å². The third-order valence-electron chi connectivity index (χ3n) is 6.27. The normalized spacial score (nSPS) is 15.6. The topological polar surface area (TPSA) is 92.3 Å². The van der Waals surface area contributed by atoms with Crippen LogP contribution in [0.25, 0.3) is 0 Å². The van der Waals surface area contributed by atoms with Gasteiger partial charge in [-0.05, 0) is 62.6 Å². The maximum absolute atomic E-state index is 13.4. The number of halogens is 1. The average molecular weight is 497 g/mol. The molecule has 0 bridgehead atoms. The molecule has 184 valence electrons. The van der Waals surface area contributed by atoms with Crippen molar-refractivity contribution >= 4 is 21.7 Å². The van der Waals surface area contributed by atoms with Crippen LogP contribution in [0.4, 0.5) is 10.3 Å². The van der Waals surface area contributed by atoms with Crippen molar-refractivity contribution < 1.29 is 17.6 Å². The smallest absolute Gasteiger partial charge is 0.225 e. The van der Waals surface area contributed by atoms with E-state index in [2.05, 4.69) is 20.2 Å². The summed E-state index contributed by atoms with van der Waals surface area (Å²) in [4.78, 5) is 24.1. The van der Waals surface area contributed by atoms with Crippen LogP contribution in [0.5, 0.6) is 0 Å². The molecule has 7 nitrogen and oxygen atoms in total. The van der Waals surface area contributed by atoms with Crippen LogP contribution in [0.1, 0.15) is 35.0 Å². The molecule has 1 aliphatic heterocycles. The van der Waals surface area contributed by atoms with Gasteiger partial charge in [0.15, 0.2) is 9.84 Å². The van der Waals surface area contributed by atoms with Crippen molar-refractivity contribution in [3.63, 3.8) is 0 Å². The van der Waals surface area contributed by atoms with Crippen LogP contribution in [0.3, 0.4) is 0 Å². The number of benzene rings is 2. The molecule has 1 aliphatic rings. The van der Waals surface area contributed by atoms with Crippen molar-refractivity contribution in [1.29, 1.82) is 0 Å². The lowest BCUT2D eigenvalue weighted by atomic mass is 9.96. The van der Waals surface area contributed by atoms with E-state index in [1.807, 2.05) is 19.9 Å². The number of aromatic nitrogens is 2. The second-order valence-corrected chi connectivity index (χ2v) is 11.0. The van der Waals surface area contributed by atoms with Gasteiger partial charge in [-0.15, -0.1) is 0 Å². The summed E-state index contributed by atoms with van der Waals surface area (Å²) < 4.78 is 40.2. The van der Waals surface area contributed by atoms with Crippen LogP contribution in [-0.2, 0) is 14.6 Å². The minimum Gasteiger partial charge on any atom is -0.354 e. The van der Waals surface area contributed by atoms with Gasteiger partial charge in [0.25, 0.3) is 0 Å². The summed E-state index contributed by atoms with van der Waals surface area (Å²) in [5, 5.41) is 1.88. The monoisotopic (exact) mass is 496 g/mol. The Kier molecular flexibility index (Phi) is 7.45. The number of hydrogen-bond donors (Lipinski definition) is 1. The Morgan fingerprint density at radius 2 is 1.63 bits per heavy atom. The summed E-state index contributed by atoms with van der Waals surface area (Å²) in [6, 6.07) is 15.5. The summed E-state index contributed by atoms with van der Waals surface area (Å²) in [6.45, 7) is 5.10. The molecule has 3 aromatic rings. The molecule has 1 N–H and O–H groups in total. The van der Waals surface area contributed by atoms with E-state index >= 15 is 0 Å². The molecule has 0 radical (unpaired) electrons. The molecule has 4 rings (SSSR count). The number of aryl methyl sites for hydroxylation is 2.